The lowest BCUT2D eigenvalue weighted by atomic mass is 10.00. The minimum atomic E-state index is 0.939. The van der Waals surface area contributed by atoms with Crippen molar-refractivity contribution in [3.05, 3.63) is 109 Å². The normalized spacial score (nSPS) is 13.1. The van der Waals surface area contributed by atoms with Gasteiger partial charge in [-0.05, 0) is 36.4 Å². The van der Waals surface area contributed by atoms with E-state index in [1.54, 1.807) is 0 Å². The van der Waals surface area contributed by atoms with Crippen LogP contribution in [0.2, 0.25) is 0 Å². The fourth-order valence-corrected chi connectivity index (χ4v) is 7.78. The van der Waals surface area contributed by atoms with E-state index in [1.165, 1.54) is 87.0 Å². The molecule has 178 valence electrons. The third kappa shape index (κ3) is 1.92. The van der Waals surface area contributed by atoms with E-state index in [4.69, 9.17) is 4.42 Å². The van der Waals surface area contributed by atoms with Crippen molar-refractivity contribution in [2.24, 2.45) is 0 Å². The third-order valence-corrected chi connectivity index (χ3v) is 9.15. The van der Waals surface area contributed by atoms with Crippen LogP contribution in [0.1, 0.15) is 0 Å². The lowest BCUT2D eigenvalue weighted by Crippen LogP contribution is -1.82. The van der Waals surface area contributed by atoms with E-state index in [9.17, 15) is 0 Å². The van der Waals surface area contributed by atoms with Gasteiger partial charge in [-0.3, -0.25) is 0 Å². The summed E-state index contributed by atoms with van der Waals surface area (Å²) in [6, 6.07) is 39.8. The molecule has 5 heterocycles. The van der Waals surface area contributed by atoms with Gasteiger partial charge in [0.05, 0.1) is 33.1 Å². The Labute approximate surface area is 220 Å². The third-order valence-electron chi connectivity index (χ3n) is 9.15. The summed E-state index contributed by atoms with van der Waals surface area (Å²) in [6.45, 7) is 0. The zero-order valence-electron chi connectivity index (χ0n) is 20.7. The monoisotopic (exact) mass is 494 g/mol. The molecule has 0 unspecified atom stereocenters. The highest BCUT2D eigenvalue weighted by molar-refractivity contribution is 6.39. The van der Waals surface area contributed by atoms with E-state index in [0.717, 1.165) is 11.2 Å². The van der Waals surface area contributed by atoms with Gasteiger partial charge < -0.3 is 13.2 Å². The second-order valence-electron chi connectivity index (χ2n) is 10.9. The van der Waals surface area contributed by atoms with E-state index < -0.39 is 0 Å². The highest BCUT2D eigenvalue weighted by Gasteiger charge is 2.26. The van der Waals surface area contributed by atoms with Crippen LogP contribution in [-0.2, 0) is 0 Å². The van der Waals surface area contributed by atoms with Gasteiger partial charge in [0.2, 0.25) is 0 Å². The molecule has 0 saturated heterocycles. The Kier molecular flexibility index (Phi) is 2.93. The Morgan fingerprint density at radius 2 is 1.00 bits per heavy atom. The van der Waals surface area contributed by atoms with E-state index in [1.807, 2.05) is 6.07 Å². The van der Waals surface area contributed by atoms with Gasteiger partial charge in [-0.25, -0.2) is 0 Å². The number of hydrogen-bond donors (Lipinski definition) is 0. The fraction of sp³-hybridized carbons (Fsp3) is 0. The molecule has 0 aliphatic carbocycles. The number of para-hydroxylation sites is 4. The predicted molar refractivity (Wildman–Crippen MR) is 163 cm³/mol. The smallest absolute Gasteiger partial charge is 0.136 e. The Balaban J connectivity index is 1.51. The van der Waals surface area contributed by atoms with Gasteiger partial charge in [-0.2, -0.15) is 0 Å². The number of furan rings is 1. The summed E-state index contributed by atoms with van der Waals surface area (Å²) in [5, 5.41) is 12.9. The summed E-state index contributed by atoms with van der Waals surface area (Å²) in [6.07, 6.45) is 0. The summed E-state index contributed by atoms with van der Waals surface area (Å²) in [4.78, 5) is 0. The predicted octanol–water partition coefficient (Wildman–Crippen LogP) is 9.89. The molecule has 0 aliphatic rings. The molecule has 6 aromatic carbocycles. The maximum Gasteiger partial charge on any atom is 0.136 e. The van der Waals surface area contributed by atoms with Gasteiger partial charge >= 0.3 is 0 Å². The van der Waals surface area contributed by atoms with E-state index in [-0.39, 0.29) is 0 Å². The average Bonchev–Trinajstić information content (AvgIpc) is 3.76. The van der Waals surface area contributed by atoms with Gasteiger partial charge in [-0.1, -0.05) is 72.8 Å². The first kappa shape index (κ1) is 18.9. The summed E-state index contributed by atoms with van der Waals surface area (Å²) >= 11 is 0. The van der Waals surface area contributed by atoms with E-state index in [0.29, 0.717) is 0 Å². The van der Waals surface area contributed by atoms with Crippen LogP contribution in [0, 0.1) is 0 Å². The van der Waals surface area contributed by atoms with Crippen LogP contribution in [0.5, 0.6) is 0 Å². The molecule has 0 amide bonds. The first-order valence-corrected chi connectivity index (χ1v) is 13.5. The molecule has 11 rings (SSSR count). The second-order valence-corrected chi connectivity index (χ2v) is 10.9. The number of rotatable bonds is 0. The van der Waals surface area contributed by atoms with Crippen LogP contribution in [0.3, 0.4) is 0 Å². The first-order chi connectivity index (χ1) is 19.4. The Hall–Kier alpha value is -5.28. The Morgan fingerprint density at radius 3 is 1.85 bits per heavy atom. The van der Waals surface area contributed by atoms with Crippen molar-refractivity contribution in [2.75, 3.05) is 0 Å². The van der Waals surface area contributed by atoms with Crippen molar-refractivity contribution in [3.63, 3.8) is 0 Å². The molecule has 5 aromatic heterocycles. The van der Waals surface area contributed by atoms with Crippen LogP contribution in [-0.4, -0.2) is 8.80 Å². The highest BCUT2D eigenvalue weighted by Crippen LogP contribution is 2.49. The molecule has 0 saturated carbocycles. The molecule has 0 aliphatic heterocycles. The Bertz CT molecular complexity index is 2820. The van der Waals surface area contributed by atoms with Crippen molar-refractivity contribution < 1.29 is 4.42 Å². The maximum absolute atomic E-state index is 6.30. The minimum absolute atomic E-state index is 0.939. The zero-order chi connectivity index (χ0) is 25.0. The minimum Gasteiger partial charge on any atom is -0.456 e. The van der Waals surface area contributed by atoms with Crippen molar-refractivity contribution in [1.29, 1.82) is 0 Å². The molecule has 3 heteroatoms. The first-order valence-electron chi connectivity index (χ1n) is 13.5. The molecule has 0 spiro atoms. The lowest BCUT2D eigenvalue weighted by Gasteiger charge is -2.02. The summed E-state index contributed by atoms with van der Waals surface area (Å²) in [5.41, 5.74) is 9.55. The largest absolute Gasteiger partial charge is 0.456 e. The molecular weight excluding hydrogens is 476 g/mol. The highest BCUT2D eigenvalue weighted by atomic mass is 16.3. The topological polar surface area (TPSA) is 22.0 Å². The Morgan fingerprint density at radius 1 is 0.359 bits per heavy atom. The molecule has 0 radical (unpaired) electrons. The summed E-state index contributed by atoms with van der Waals surface area (Å²) in [7, 11) is 0. The fourth-order valence-electron chi connectivity index (χ4n) is 7.78. The van der Waals surface area contributed by atoms with Crippen molar-refractivity contribution >= 4 is 98.1 Å². The van der Waals surface area contributed by atoms with Gasteiger partial charge in [0.15, 0.2) is 0 Å². The van der Waals surface area contributed by atoms with Crippen LogP contribution in [0.15, 0.2) is 114 Å². The zero-order valence-corrected chi connectivity index (χ0v) is 20.7. The van der Waals surface area contributed by atoms with Crippen LogP contribution < -0.4 is 0 Å². The van der Waals surface area contributed by atoms with E-state index in [2.05, 4.69) is 112 Å². The molecule has 39 heavy (non-hydrogen) atoms. The van der Waals surface area contributed by atoms with E-state index >= 15 is 0 Å². The number of hydrogen-bond acceptors (Lipinski definition) is 1. The summed E-state index contributed by atoms with van der Waals surface area (Å²) < 4.78 is 11.3. The van der Waals surface area contributed by atoms with Gasteiger partial charge in [0.25, 0.3) is 0 Å². The number of aromatic nitrogens is 2. The standard InChI is InChI=1S/C36H18N2O/c1-4-13-25-19(8-1)24-18-28-32(34-20-9-2-5-14-26(20)37(25)36(24)34)23-12-7-11-22-31-27(38(28)35(22)23)16-17-30-33(31)21-10-3-6-15-29(21)39-30/h1-18H. The van der Waals surface area contributed by atoms with Crippen LogP contribution >= 0.6 is 0 Å². The molecule has 0 fully saturated rings. The molecule has 3 nitrogen and oxygen atoms in total. The van der Waals surface area contributed by atoms with Gasteiger partial charge in [0.1, 0.15) is 11.2 Å². The second kappa shape index (κ2) is 6.06. The van der Waals surface area contributed by atoms with Gasteiger partial charge in [-0.15, -0.1) is 0 Å². The lowest BCUT2D eigenvalue weighted by molar-refractivity contribution is 0.669. The van der Waals surface area contributed by atoms with Crippen LogP contribution in [0.25, 0.3) is 98.1 Å². The van der Waals surface area contributed by atoms with Crippen molar-refractivity contribution in [1.82, 2.24) is 8.80 Å². The SMILES string of the molecule is c1ccc2c(c1)oc1ccc3c(c4cccc5c6c7c8ccccc8n8c9ccccc9c(cc6n3c45)c78)c12. The van der Waals surface area contributed by atoms with Crippen molar-refractivity contribution in [3.8, 4) is 0 Å². The van der Waals surface area contributed by atoms with Crippen LogP contribution in [0.4, 0.5) is 0 Å². The molecular formula is C36H18N2O. The van der Waals surface area contributed by atoms with Gasteiger partial charge in [0, 0.05) is 53.9 Å². The summed E-state index contributed by atoms with van der Waals surface area (Å²) in [5.74, 6) is 0. The number of benzene rings is 6. The number of fused-ring (bicyclic) bond motifs is 17. The number of nitrogens with zero attached hydrogens (tertiary/aromatic N) is 2. The molecule has 11 aromatic rings. The quantitative estimate of drug-likeness (QED) is 0.206. The molecule has 0 N–H and O–H groups in total. The molecule has 0 atom stereocenters. The van der Waals surface area contributed by atoms with Crippen molar-refractivity contribution in [2.45, 2.75) is 0 Å². The molecule has 0 bridgehead atoms. The average molecular weight is 495 g/mol. The maximum atomic E-state index is 6.30.